The van der Waals surface area contributed by atoms with Crippen molar-refractivity contribution in [2.75, 3.05) is 7.11 Å². The highest BCUT2D eigenvalue weighted by Crippen LogP contribution is 2.39. The number of hydrogen-bond acceptors (Lipinski definition) is 3. The van der Waals surface area contributed by atoms with Gasteiger partial charge in [0.2, 0.25) is 0 Å². The second kappa shape index (κ2) is 7.63. The van der Waals surface area contributed by atoms with E-state index in [-0.39, 0.29) is 12.1 Å². The fourth-order valence-electron chi connectivity index (χ4n) is 3.77. The fourth-order valence-corrected chi connectivity index (χ4v) is 3.77. The van der Waals surface area contributed by atoms with Crippen molar-refractivity contribution in [2.24, 2.45) is 17.0 Å². The minimum absolute atomic E-state index is 0.235. The summed E-state index contributed by atoms with van der Waals surface area (Å²) < 4.78 is 0. The van der Waals surface area contributed by atoms with Crippen LogP contribution in [0.2, 0.25) is 0 Å². The molecule has 0 aliphatic carbocycles. The molecular weight excluding hydrogens is 296 g/mol. The van der Waals surface area contributed by atoms with Gasteiger partial charge in [0.05, 0.1) is 5.71 Å². The fraction of sp³-hybridized carbons (Fsp3) is 0.381. The number of piperidine rings is 1. The average Bonchev–Trinajstić information content (AvgIpc) is 2.62. The standard InChI is InChI=1S/C21H26N2O/c1-15(2)20-19(23-24-3)14-18(16-10-6-4-7-11-16)22-21(20)17-12-8-5-9-13-17/h4-13,15,18,20-22H,14H2,1-3H3/b23-19+/t18-,20+,21-/m0/s1. The van der Waals surface area contributed by atoms with Crippen molar-refractivity contribution in [3.63, 3.8) is 0 Å². The van der Waals surface area contributed by atoms with Crippen LogP contribution in [0.3, 0.4) is 0 Å². The van der Waals surface area contributed by atoms with Gasteiger partial charge in [-0.1, -0.05) is 79.7 Å². The molecule has 0 bridgehead atoms. The summed E-state index contributed by atoms with van der Waals surface area (Å²) in [4.78, 5) is 5.19. The molecule has 0 aromatic heterocycles. The minimum atomic E-state index is 0.235. The SMILES string of the molecule is CO/N=C1\C[C@@H](c2ccccc2)N[C@@H](c2ccccc2)[C@@H]1C(C)C. The topological polar surface area (TPSA) is 33.6 Å². The minimum Gasteiger partial charge on any atom is -0.399 e. The maximum atomic E-state index is 5.19. The lowest BCUT2D eigenvalue weighted by atomic mass is 9.75. The summed E-state index contributed by atoms with van der Waals surface area (Å²) in [6.07, 6.45) is 0.879. The Kier molecular flexibility index (Phi) is 5.31. The summed E-state index contributed by atoms with van der Waals surface area (Å²) in [5.41, 5.74) is 3.75. The maximum absolute atomic E-state index is 5.19. The van der Waals surface area contributed by atoms with Crippen molar-refractivity contribution < 1.29 is 4.84 Å². The summed E-state index contributed by atoms with van der Waals surface area (Å²) in [5.74, 6) is 0.806. The second-order valence-electron chi connectivity index (χ2n) is 6.76. The highest BCUT2D eigenvalue weighted by Gasteiger charge is 2.38. The van der Waals surface area contributed by atoms with E-state index in [4.69, 9.17) is 4.84 Å². The molecule has 3 rings (SSSR count). The lowest BCUT2D eigenvalue weighted by Crippen LogP contribution is -2.44. The van der Waals surface area contributed by atoms with Gasteiger partial charge in [0.25, 0.3) is 0 Å². The Morgan fingerprint density at radius 1 is 0.958 bits per heavy atom. The smallest absolute Gasteiger partial charge is 0.106 e. The molecule has 0 unspecified atom stereocenters. The quantitative estimate of drug-likeness (QED) is 0.825. The lowest BCUT2D eigenvalue weighted by molar-refractivity contribution is 0.198. The molecule has 0 amide bonds. The monoisotopic (exact) mass is 322 g/mol. The Bertz CT molecular complexity index is 667. The highest BCUT2D eigenvalue weighted by atomic mass is 16.6. The van der Waals surface area contributed by atoms with E-state index in [1.165, 1.54) is 11.1 Å². The van der Waals surface area contributed by atoms with Crippen LogP contribution < -0.4 is 5.32 Å². The zero-order valence-electron chi connectivity index (χ0n) is 14.6. The van der Waals surface area contributed by atoms with Crippen molar-refractivity contribution in [2.45, 2.75) is 32.4 Å². The number of nitrogens with zero attached hydrogens (tertiary/aromatic N) is 1. The van der Waals surface area contributed by atoms with Gasteiger partial charge in [-0.3, -0.25) is 0 Å². The average molecular weight is 322 g/mol. The molecule has 0 radical (unpaired) electrons. The van der Waals surface area contributed by atoms with E-state index in [0.29, 0.717) is 11.8 Å². The molecule has 0 saturated carbocycles. The number of hydrogen-bond donors (Lipinski definition) is 1. The zero-order chi connectivity index (χ0) is 16.9. The molecule has 3 atom stereocenters. The van der Waals surface area contributed by atoms with Crippen molar-refractivity contribution in [1.82, 2.24) is 5.32 Å². The van der Waals surface area contributed by atoms with Crippen LogP contribution in [0, 0.1) is 11.8 Å². The van der Waals surface area contributed by atoms with Gasteiger partial charge in [-0.2, -0.15) is 0 Å². The van der Waals surface area contributed by atoms with Gasteiger partial charge in [-0.05, 0) is 17.0 Å². The van der Waals surface area contributed by atoms with Crippen LogP contribution in [-0.2, 0) is 4.84 Å². The molecule has 3 nitrogen and oxygen atoms in total. The van der Waals surface area contributed by atoms with E-state index in [0.717, 1.165) is 12.1 Å². The molecule has 3 heteroatoms. The lowest BCUT2D eigenvalue weighted by Gasteiger charge is -2.40. The van der Waals surface area contributed by atoms with E-state index in [1.807, 2.05) is 0 Å². The summed E-state index contributed by atoms with van der Waals surface area (Å²) >= 11 is 0. The molecule has 24 heavy (non-hydrogen) atoms. The predicted molar refractivity (Wildman–Crippen MR) is 98.9 cm³/mol. The molecule has 0 spiro atoms. The van der Waals surface area contributed by atoms with Crippen LogP contribution in [-0.4, -0.2) is 12.8 Å². The number of rotatable bonds is 4. The Hall–Kier alpha value is -2.13. The van der Waals surface area contributed by atoms with Gasteiger partial charge < -0.3 is 10.2 Å². The molecule has 1 heterocycles. The maximum Gasteiger partial charge on any atom is 0.106 e. The number of oxime groups is 1. The van der Waals surface area contributed by atoms with Gasteiger partial charge in [0.15, 0.2) is 0 Å². The number of benzene rings is 2. The van der Waals surface area contributed by atoms with Crippen LogP contribution in [0.25, 0.3) is 0 Å². The molecular formula is C21H26N2O. The van der Waals surface area contributed by atoms with Crippen molar-refractivity contribution in [3.05, 3.63) is 71.8 Å². The Balaban J connectivity index is 2.00. The van der Waals surface area contributed by atoms with E-state index < -0.39 is 0 Å². The summed E-state index contributed by atoms with van der Waals surface area (Å²) in [6, 6.07) is 21.8. The Morgan fingerprint density at radius 3 is 2.08 bits per heavy atom. The van der Waals surface area contributed by atoms with Crippen LogP contribution in [0.1, 0.15) is 43.5 Å². The molecule has 1 saturated heterocycles. The first kappa shape index (κ1) is 16.7. The molecule has 1 N–H and O–H groups in total. The van der Waals surface area contributed by atoms with Gasteiger partial charge in [0.1, 0.15) is 7.11 Å². The molecule has 2 aromatic rings. The predicted octanol–water partition coefficient (Wildman–Crippen LogP) is 4.74. The summed E-state index contributed by atoms with van der Waals surface area (Å²) in [6.45, 7) is 4.52. The third kappa shape index (κ3) is 3.51. The van der Waals surface area contributed by atoms with Crippen molar-refractivity contribution >= 4 is 5.71 Å². The van der Waals surface area contributed by atoms with Gasteiger partial charge >= 0.3 is 0 Å². The first-order valence-corrected chi connectivity index (χ1v) is 8.66. The molecule has 1 aliphatic rings. The second-order valence-corrected chi connectivity index (χ2v) is 6.76. The van der Waals surface area contributed by atoms with Gasteiger partial charge in [-0.15, -0.1) is 0 Å². The van der Waals surface area contributed by atoms with E-state index in [2.05, 4.69) is 85.0 Å². The number of nitrogens with one attached hydrogen (secondary N) is 1. The molecule has 126 valence electrons. The van der Waals surface area contributed by atoms with Crippen LogP contribution in [0.5, 0.6) is 0 Å². The summed E-state index contributed by atoms with van der Waals surface area (Å²) in [5, 5.41) is 8.28. The Labute approximate surface area is 144 Å². The van der Waals surface area contributed by atoms with Crippen molar-refractivity contribution in [1.29, 1.82) is 0 Å². The third-order valence-electron chi connectivity index (χ3n) is 4.83. The first-order valence-electron chi connectivity index (χ1n) is 8.66. The molecule has 2 aromatic carbocycles. The molecule has 1 aliphatic heterocycles. The highest BCUT2D eigenvalue weighted by molar-refractivity contribution is 5.89. The van der Waals surface area contributed by atoms with Crippen LogP contribution >= 0.6 is 0 Å². The van der Waals surface area contributed by atoms with Gasteiger partial charge in [0, 0.05) is 24.4 Å². The van der Waals surface area contributed by atoms with E-state index in [1.54, 1.807) is 7.11 Å². The first-order chi connectivity index (χ1) is 11.7. The Morgan fingerprint density at radius 2 is 1.54 bits per heavy atom. The summed E-state index contributed by atoms with van der Waals surface area (Å²) in [7, 11) is 1.64. The van der Waals surface area contributed by atoms with Crippen molar-refractivity contribution in [3.8, 4) is 0 Å². The molecule has 1 fully saturated rings. The largest absolute Gasteiger partial charge is 0.399 e. The van der Waals surface area contributed by atoms with Crippen LogP contribution in [0.4, 0.5) is 0 Å². The van der Waals surface area contributed by atoms with Crippen LogP contribution in [0.15, 0.2) is 65.8 Å². The zero-order valence-corrected chi connectivity index (χ0v) is 14.6. The third-order valence-corrected chi connectivity index (χ3v) is 4.83. The van der Waals surface area contributed by atoms with Gasteiger partial charge in [-0.25, -0.2) is 0 Å². The van der Waals surface area contributed by atoms with E-state index in [9.17, 15) is 0 Å². The normalized spacial score (nSPS) is 25.8. The van der Waals surface area contributed by atoms with E-state index >= 15 is 0 Å².